The number of aliphatic imine (C=N–C) groups is 1. The number of hydrazine groups is 1. The summed E-state index contributed by atoms with van der Waals surface area (Å²) in [6.07, 6.45) is 5.94. The van der Waals surface area contributed by atoms with E-state index >= 15 is 0 Å². The van der Waals surface area contributed by atoms with Crippen LogP contribution in [0.5, 0.6) is 5.75 Å². The second-order valence-corrected chi connectivity index (χ2v) is 9.02. The second kappa shape index (κ2) is 7.20. The first-order valence-corrected chi connectivity index (χ1v) is 10.8. The molecule has 29 heavy (non-hydrogen) atoms. The van der Waals surface area contributed by atoms with Gasteiger partial charge < -0.3 is 14.4 Å². The maximum absolute atomic E-state index is 12.7. The van der Waals surface area contributed by atoms with E-state index in [1.165, 1.54) is 18.4 Å². The highest BCUT2D eigenvalue weighted by Crippen LogP contribution is 2.53. The van der Waals surface area contributed by atoms with E-state index in [9.17, 15) is 4.79 Å². The molecule has 4 fully saturated rings. The number of hydrogen-bond donors (Lipinski definition) is 2. The zero-order chi connectivity index (χ0) is 20.0. The third-order valence-corrected chi connectivity index (χ3v) is 7.09. The standard InChI is InChI=1S/C22H30N4O3/c1-14(20(27)26-11-9-22(7-8-22)10-12-26)23-21-25-24-19(29-21)18-13-17(18)15-3-5-16(28-2)6-4-15/h3-6,14,17-19,24H,7-13H2,1-2H3,(H,23,25). The fourth-order valence-corrected chi connectivity index (χ4v) is 4.73. The van der Waals surface area contributed by atoms with Crippen LogP contribution in [0.15, 0.2) is 29.3 Å². The molecule has 2 heterocycles. The molecule has 2 saturated carbocycles. The first-order valence-electron chi connectivity index (χ1n) is 10.8. The largest absolute Gasteiger partial charge is 0.497 e. The minimum Gasteiger partial charge on any atom is -0.497 e. The average Bonchev–Trinajstić information content (AvgIpc) is 3.67. The van der Waals surface area contributed by atoms with Gasteiger partial charge in [-0.1, -0.05) is 12.1 Å². The molecule has 2 N–H and O–H groups in total. The highest BCUT2D eigenvalue weighted by molar-refractivity contribution is 5.85. The first-order chi connectivity index (χ1) is 14.1. The number of nitrogens with zero attached hydrogens (tertiary/aromatic N) is 2. The zero-order valence-corrected chi connectivity index (χ0v) is 17.2. The summed E-state index contributed by atoms with van der Waals surface area (Å²) < 4.78 is 11.2. The molecular weight excluding hydrogens is 368 g/mol. The summed E-state index contributed by atoms with van der Waals surface area (Å²) in [6, 6.07) is 8.22. The highest BCUT2D eigenvalue weighted by atomic mass is 16.5. The van der Waals surface area contributed by atoms with Gasteiger partial charge in [0.1, 0.15) is 11.8 Å². The molecule has 5 rings (SSSR count). The Kier molecular flexibility index (Phi) is 4.65. The van der Waals surface area contributed by atoms with Gasteiger partial charge in [-0.2, -0.15) is 5.43 Å². The summed E-state index contributed by atoms with van der Waals surface area (Å²) in [4.78, 5) is 19.2. The topological polar surface area (TPSA) is 75.2 Å². The Morgan fingerprint density at radius 1 is 1.24 bits per heavy atom. The number of amides is 1. The molecule has 4 atom stereocenters. The van der Waals surface area contributed by atoms with Gasteiger partial charge in [0.15, 0.2) is 6.23 Å². The SMILES string of the molecule is COc1ccc(C2CC2C2NNC(=NC(C)C(=O)N3CCC4(CC3)CC4)O2)cc1. The van der Waals surface area contributed by atoms with E-state index in [1.54, 1.807) is 7.11 Å². The summed E-state index contributed by atoms with van der Waals surface area (Å²) in [5.74, 6) is 1.84. The number of hydrogen-bond acceptors (Lipinski definition) is 5. The Morgan fingerprint density at radius 3 is 2.62 bits per heavy atom. The Bertz CT molecular complexity index is 795. The number of benzene rings is 1. The molecule has 7 nitrogen and oxygen atoms in total. The van der Waals surface area contributed by atoms with Gasteiger partial charge in [-0.05, 0) is 68.1 Å². The van der Waals surface area contributed by atoms with Gasteiger partial charge in [-0.25, -0.2) is 4.99 Å². The van der Waals surface area contributed by atoms with Crippen molar-refractivity contribution in [3.63, 3.8) is 0 Å². The van der Waals surface area contributed by atoms with E-state index in [-0.39, 0.29) is 12.1 Å². The van der Waals surface area contributed by atoms with E-state index in [0.717, 1.165) is 38.1 Å². The van der Waals surface area contributed by atoms with Crippen LogP contribution in [-0.4, -0.2) is 49.3 Å². The lowest BCUT2D eigenvalue weighted by molar-refractivity contribution is -0.133. The Balaban J connectivity index is 1.13. The maximum atomic E-state index is 12.7. The molecular formula is C22H30N4O3. The number of carbonyl (C=O) groups is 1. The third kappa shape index (κ3) is 3.80. The summed E-state index contributed by atoms with van der Waals surface area (Å²) in [5, 5.41) is 0. The molecule has 2 aliphatic heterocycles. The number of ether oxygens (including phenoxy) is 2. The third-order valence-electron chi connectivity index (χ3n) is 7.09. The van der Waals surface area contributed by atoms with E-state index in [4.69, 9.17) is 9.47 Å². The lowest BCUT2D eigenvalue weighted by atomic mass is 9.93. The lowest BCUT2D eigenvalue weighted by Crippen LogP contribution is -2.43. The normalized spacial score (nSPS) is 31.9. The van der Waals surface area contributed by atoms with Crippen LogP contribution in [0.3, 0.4) is 0 Å². The van der Waals surface area contributed by atoms with Crippen molar-refractivity contribution in [3.05, 3.63) is 29.8 Å². The second-order valence-electron chi connectivity index (χ2n) is 9.02. The summed E-state index contributed by atoms with van der Waals surface area (Å²) in [5.41, 5.74) is 8.07. The van der Waals surface area contributed by atoms with Gasteiger partial charge in [0.25, 0.3) is 0 Å². The van der Waals surface area contributed by atoms with Crippen LogP contribution in [0.4, 0.5) is 0 Å². The molecule has 0 aromatic heterocycles. The summed E-state index contributed by atoms with van der Waals surface area (Å²) >= 11 is 0. The Hall–Kier alpha value is -2.28. The van der Waals surface area contributed by atoms with Gasteiger partial charge in [0, 0.05) is 19.0 Å². The van der Waals surface area contributed by atoms with Crippen LogP contribution >= 0.6 is 0 Å². The Morgan fingerprint density at radius 2 is 1.97 bits per heavy atom. The van der Waals surface area contributed by atoms with Crippen molar-refractivity contribution in [2.45, 2.75) is 57.2 Å². The van der Waals surface area contributed by atoms with Gasteiger partial charge in [0.2, 0.25) is 5.91 Å². The van der Waals surface area contributed by atoms with Crippen LogP contribution in [-0.2, 0) is 9.53 Å². The van der Waals surface area contributed by atoms with E-state index in [2.05, 4.69) is 28.0 Å². The predicted molar refractivity (Wildman–Crippen MR) is 109 cm³/mol. The average molecular weight is 399 g/mol. The fourth-order valence-electron chi connectivity index (χ4n) is 4.73. The molecule has 1 amide bonds. The minimum atomic E-state index is -0.428. The highest BCUT2D eigenvalue weighted by Gasteiger charge is 2.48. The molecule has 0 bridgehead atoms. The van der Waals surface area contributed by atoms with E-state index < -0.39 is 6.04 Å². The molecule has 156 valence electrons. The molecule has 4 aliphatic rings. The van der Waals surface area contributed by atoms with Crippen molar-refractivity contribution >= 4 is 11.9 Å². The smallest absolute Gasteiger partial charge is 0.301 e. The van der Waals surface area contributed by atoms with Crippen LogP contribution < -0.4 is 15.6 Å². The zero-order valence-electron chi connectivity index (χ0n) is 17.2. The molecule has 2 aliphatic carbocycles. The van der Waals surface area contributed by atoms with Crippen molar-refractivity contribution in [2.75, 3.05) is 20.2 Å². The molecule has 1 spiro atoms. The van der Waals surface area contributed by atoms with Crippen molar-refractivity contribution < 1.29 is 14.3 Å². The number of rotatable bonds is 5. The van der Waals surface area contributed by atoms with Crippen LogP contribution in [0, 0.1) is 11.3 Å². The van der Waals surface area contributed by atoms with Crippen LogP contribution in [0.1, 0.15) is 50.5 Å². The number of nitrogens with one attached hydrogen (secondary N) is 2. The van der Waals surface area contributed by atoms with Gasteiger partial charge in [-0.15, -0.1) is 0 Å². The molecule has 7 heteroatoms. The molecule has 0 radical (unpaired) electrons. The van der Waals surface area contributed by atoms with Crippen molar-refractivity contribution in [2.24, 2.45) is 16.3 Å². The summed E-state index contributed by atoms with van der Waals surface area (Å²) in [7, 11) is 1.68. The van der Waals surface area contributed by atoms with Gasteiger partial charge in [-0.3, -0.25) is 10.2 Å². The number of methoxy groups -OCH3 is 1. The van der Waals surface area contributed by atoms with Crippen molar-refractivity contribution in [1.29, 1.82) is 0 Å². The summed E-state index contributed by atoms with van der Waals surface area (Å²) in [6.45, 7) is 3.59. The van der Waals surface area contributed by atoms with E-state index in [1.807, 2.05) is 24.0 Å². The number of likely N-dealkylation sites (tertiary alicyclic amines) is 1. The minimum absolute atomic E-state index is 0.101. The molecule has 4 unspecified atom stereocenters. The van der Waals surface area contributed by atoms with Gasteiger partial charge >= 0.3 is 6.02 Å². The molecule has 1 aromatic carbocycles. The molecule has 2 saturated heterocycles. The lowest BCUT2D eigenvalue weighted by Gasteiger charge is -2.33. The predicted octanol–water partition coefficient (Wildman–Crippen LogP) is 2.40. The quantitative estimate of drug-likeness (QED) is 0.797. The first kappa shape index (κ1) is 18.7. The van der Waals surface area contributed by atoms with Gasteiger partial charge in [0.05, 0.1) is 7.11 Å². The fraction of sp³-hybridized carbons (Fsp3) is 0.636. The van der Waals surface area contributed by atoms with Crippen LogP contribution in [0.2, 0.25) is 0 Å². The number of piperidine rings is 1. The van der Waals surface area contributed by atoms with Crippen LogP contribution in [0.25, 0.3) is 0 Å². The molecule has 1 aromatic rings. The maximum Gasteiger partial charge on any atom is 0.301 e. The Labute approximate surface area is 171 Å². The number of carbonyl (C=O) groups excluding carboxylic acids is 1. The van der Waals surface area contributed by atoms with Crippen molar-refractivity contribution in [1.82, 2.24) is 15.8 Å². The van der Waals surface area contributed by atoms with Crippen molar-refractivity contribution in [3.8, 4) is 5.75 Å². The van der Waals surface area contributed by atoms with E-state index in [0.29, 0.717) is 23.3 Å². The number of amidine groups is 1. The monoisotopic (exact) mass is 398 g/mol.